The minimum absolute atomic E-state index is 1.09. The molecular weight excluding hydrogens is 1200 g/mol. The van der Waals surface area contributed by atoms with Gasteiger partial charge in [-0.15, -0.1) is 22.7 Å². The van der Waals surface area contributed by atoms with Gasteiger partial charge < -0.3 is 18.6 Å². The van der Waals surface area contributed by atoms with Gasteiger partial charge in [-0.3, -0.25) is 0 Å². The van der Waals surface area contributed by atoms with Crippen molar-refractivity contribution in [3.8, 4) is 44.5 Å². The zero-order chi connectivity index (χ0) is 63.0. The lowest BCUT2D eigenvalue weighted by atomic mass is 9.89. The summed E-state index contributed by atoms with van der Waals surface area (Å²) in [7, 11) is 0. The fourth-order valence-corrected chi connectivity index (χ4v) is 17.8. The van der Waals surface area contributed by atoms with E-state index in [1.54, 1.807) is 11.3 Å². The minimum Gasteiger partial charge on any atom is -0.317 e. The minimum atomic E-state index is 1.09. The zero-order valence-electron chi connectivity index (χ0n) is 51.9. The van der Waals surface area contributed by atoms with Crippen LogP contribution in [0.3, 0.4) is 0 Å². The first kappa shape index (κ1) is 54.5. The molecule has 0 unspecified atom stereocenters. The van der Waals surface area contributed by atoms with Gasteiger partial charge in [0.05, 0.1) is 43.5 Å². The zero-order valence-corrected chi connectivity index (χ0v) is 53.6. The number of rotatable bonds is 12. The standard InChI is InChI=1S/C90H56N4S2/c1-5-22-59(23-6-1)82-85-74-37-20-34-71-76-55-62(58-43-49-67(50-44-58)92(66-29-11-4-12-30-66)79-38-21-35-72-69-32-14-16-40-81(69)96-90(72)79)46-52-78(76)94(87(71)74)89(85)83(60-24-7-2-8-25-60)84-73-36-19-33-70-75-54-61(45-51-77(75)93(86(70)73)88(82)84)57-41-47-65(48-42-57)91(64-27-9-3-10-28-64)53-18-17-26-63-56-95-80-39-15-13-31-68(63)80/h1-56H/b26-17-,53-18+. The van der Waals surface area contributed by atoms with Crippen molar-refractivity contribution in [3.05, 3.63) is 339 Å². The lowest BCUT2D eigenvalue weighted by Gasteiger charge is -2.26. The number of thiophene rings is 2. The van der Waals surface area contributed by atoms with E-state index in [9.17, 15) is 0 Å². The number of hydrogen-bond donors (Lipinski definition) is 0. The number of fused-ring (bicyclic) bond motifs is 16. The second-order valence-corrected chi connectivity index (χ2v) is 27.0. The van der Waals surface area contributed by atoms with Gasteiger partial charge in [-0.2, -0.15) is 0 Å². The second-order valence-electron chi connectivity index (χ2n) is 25.1. The average molecular weight is 1260 g/mol. The summed E-state index contributed by atoms with van der Waals surface area (Å²) in [5, 5.41) is 16.1. The van der Waals surface area contributed by atoms with E-state index in [4.69, 9.17) is 0 Å². The molecule has 14 aromatic carbocycles. The van der Waals surface area contributed by atoms with Crippen molar-refractivity contribution >= 4 is 164 Å². The maximum Gasteiger partial charge on any atom is 0.0640 e. The van der Waals surface area contributed by atoms with Gasteiger partial charge in [0.25, 0.3) is 0 Å². The topological polar surface area (TPSA) is 15.3 Å². The van der Waals surface area contributed by atoms with E-state index in [-0.39, 0.29) is 0 Å². The number of benzene rings is 14. The molecule has 0 atom stereocenters. The molecule has 0 amide bonds. The maximum absolute atomic E-state index is 2.62. The average Bonchev–Trinajstić information content (AvgIpc) is 1.50. The number of para-hydroxylation sites is 4. The van der Waals surface area contributed by atoms with E-state index in [1.165, 1.54) is 162 Å². The summed E-state index contributed by atoms with van der Waals surface area (Å²) in [6, 6.07) is 114. The van der Waals surface area contributed by atoms with E-state index in [1.807, 2.05) is 11.3 Å². The van der Waals surface area contributed by atoms with Crippen LogP contribution in [-0.4, -0.2) is 8.80 Å². The molecule has 0 aliphatic rings. The Balaban J connectivity index is 0.735. The summed E-state index contributed by atoms with van der Waals surface area (Å²) in [5.74, 6) is 0. The second kappa shape index (κ2) is 21.8. The van der Waals surface area contributed by atoms with Gasteiger partial charge in [0.15, 0.2) is 0 Å². The molecule has 0 N–H and O–H groups in total. The van der Waals surface area contributed by atoms with Gasteiger partial charge in [0, 0.05) is 103 Å². The first-order valence-electron chi connectivity index (χ1n) is 32.8. The van der Waals surface area contributed by atoms with Crippen LogP contribution in [0.4, 0.5) is 28.4 Å². The fourth-order valence-electron chi connectivity index (χ4n) is 15.7. The molecule has 20 aromatic rings. The van der Waals surface area contributed by atoms with Crippen molar-refractivity contribution in [3.63, 3.8) is 0 Å². The molecule has 0 saturated carbocycles. The lowest BCUT2D eigenvalue weighted by molar-refractivity contribution is 1.28. The maximum atomic E-state index is 2.62. The third kappa shape index (κ3) is 8.32. The van der Waals surface area contributed by atoms with Crippen molar-refractivity contribution in [2.24, 2.45) is 0 Å². The first-order chi connectivity index (χ1) is 47.7. The van der Waals surface area contributed by atoms with Crippen LogP contribution >= 0.6 is 22.7 Å². The molecule has 0 spiro atoms. The van der Waals surface area contributed by atoms with Crippen molar-refractivity contribution in [2.45, 2.75) is 0 Å². The quantitative estimate of drug-likeness (QED) is 0.113. The van der Waals surface area contributed by atoms with Gasteiger partial charge in [0.1, 0.15) is 0 Å². The molecule has 96 heavy (non-hydrogen) atoms. The van der Waals surface area contributed by atoms with Crippen LogP contribution in [0.2, 0.25) is 0 Å². The Hall–Kier alpha value is -12.1. The Morgan fingerprint density at radius 3 is 1.34 bits per heavy atom. The molecule has 0 saturated heterocycles. The van der Waals surface area contributed by atoms with E-state index >= 15 is 0 Å². The molecule has 6 heterocycles. The third-order valence-corrected chi connectivity index (χ3v) is 22.1. The molecule has 0 aliphatic heterocycles. The molecule has 0 bridgehead atoms. The number of aromatic nitrogens is 2. The van der Waals surface area contributed by atoms with Crippen molar-refractivity contribution in [1.82, 2.24) is 8.80 Å². The number of allylic oxidation sites excluding steroid dienone is 2. The van der Waals surface area contributed by atoms with Crippen molar-refractivity contribution in [2.75, 3.05) is 9.80 Å². The smallest absolute Gasteiger partial charge is 0.0640 e. The molecule has 0 radical (unpaired) electrons. The van der Waals surface area contributed by atoms with Crippen LogP contribution in [0.1, 0.15) is 5.56 Å². The van der Waals surface area contributed by atoms with Crippen molar-refractivity contribution in [1.29, 1.82) is 0 Å². The van der Waals surface area contributed by atoms with E-state index in [0.29, 0.717) is 0 Å². The van der Waals surface area contributed by atoms with Crippen molar-refractivity contribution < 1.29 is 0 Å². The SMILES string of the molecule is C(=C/c1csc2ccccc12)/C=C/N(c1ccccc1)c1ccc(-c2ccc3c(c2)c2cccc4c5c(-c6ccccc6)c6c(c(-c7ccccc7)c5n3c24)c2cccc3c4cc(-c5ccc(N(c7ccccc7)c7cccc8c7sc7ccccc78)cc5)ccc4n6c32)cc1. The molecule has 6 heteroatoms. The molecule has 6 aromatic heterocycles. The summed E-state index contributed by atoms with van der Waals surface area (Å²) in [6.45, 7) is 0. The highest BCUT2D eigenvalue weighted by Gasteiger charge is 2.31. The largest absolute Gasteiger partial charge is 0.317 e. The Kier molecular flexibility index (Phi) is 12.4. The van der Waals surface area contributed by atoms with E-state index < -0.39 is 0 Å². The summed E-state index contributed by atoms with van der Waals surface area (Å²) < 4.78 is 9.11. The van der Waals surface area contributed by atoms with Gasteiger partial charge >= 0.3 is 0 Å². The third-order valence-electron chi connectivity index (χ3n) is 19.9. The summed E-state index contributed by atoms with van der Waals surface area (Å²) in [6.07, 6.45) is 8.65. The molecule has 0 aliphatic carbocycles. The van der Waals surface area contributed by atoms with Gasteiger partial charge in [-0.25, -0.2) is 0 Å². The first-order valence-corrected chi connectivity index (χ1v) is 34.5. The molecular formula is C90H56N4S2. The van der Waals surface area contributed by atoms with Crippen LogP contribution in [-0.2, 0) is 0 Å². The van der Waals surface area contributed by atoms with Crippen LogP contribution < -0.4 is 9.80 Å². The molecule has 0 fully saturated rings. The van der Waals surface area contributed by atoms with Crippen LogP contribution in [0.25, 0.3) is 157 Å². The highest BCUT2D eigenvalue weighted by molar-refractivity contribution is 7.26. The predicted molar refractivity (Wildman–Crippen MR) is 414 cm³/mol. The molecule has 4 nitrogen and oxygen atoms in total. The highest BCUT2D eigenvalue weighted by atomic mass is 32.1. The Morgan fingerprint density at radius 1 is 0.302 bits per heavy atom. The molecule has 448 valence electrons. The van der Waals surface area contributed by atoms with Gasteiger partial charge in [-0.1, -0.05) is 231 Å². The molecule has 20 rings (SSSR count). The van der Waals surface area contributed by atoms with E-state index in [0.717, 1.165) is 22.7 Å². The Labute approximate surface area is 561 Å². The summed E-state index contributed by atoms with van der Waals surface area (Å²) in [4.78, 5) is 4.68. The van der Waals surface area contributed by atoms with Crippen LogP contribution in [0.15, 0.2) is 333 Å². The summed E-state index contributed by atoms with van der Waals surface area (Å²) >= 11 is 3.65. The van der Waals surface area contributed by atoms with Crippen LogP contribution in [0, 0.1) is 0 Å². The van der Waals surface area contributed by atoms with E-state index in [2.05, 4.69) is 358 Å². The number of nitrogens with zero attached hydrogens (tertiary/aromatic N) is 4. The Morgan fingerprint density at radius 2 is 0.750 bits per heavy atom. The van der Waals surface area contributed by atoms with Gasteiger partial charge in [0.2, 0.25) is 0 Å². The Bertz CT molecular complexity index is 6480. The monoisotopic (exact) mass is 1260 g/mol. The predicted octanol–water partition coefficient (Wildman–Crippen LogP) is 26.1. The number of anilines is 5. The summed E-state index contributed by atoms with van der Waals surface area (Å²) in [5.41, 5.74) is 23.8. The van der Waals surface area contributed by atoms with Crippen LogP contribution in [0.5, 0.6) is 0 Å². The highest BCUT2D eigenvalue weighted by Crippen LogP contribution is 2.55. The number of hydrogen-bond acceptors (Lipinski definition) is 4. The lowest BCUT2D eigenvalue weighted by Crippen LogP contribution is -2.09. The normalized spacial score (nSPS) is 12.3. The van der Waals surface area contributed by atoms with Gasteiger partial charge in [-0.05, 0) is 147 Å². The fraction of sp³-hybridized carbons (Fsp3) is 0.